The summed E-state index contributed by atoms with van der Waals surface area (Å²) in [6, 6.07) is 0.465. The van der Waals surface area contributed by atoms with Gasteiger partial charge in [0.1, 0.15) is 0 Å². The third kappa shape index (κ3) is 2.10. The van der Waals surface area contributed by atoms with Gasteiger partial charge in [0, 0.05) is 19.6 Å². The summed E-state index contributed by atoms with van der Waals surface area (Å²) in [5.41, 5.74) is 5.54. The Bertz CT molecular complexity index is 265. The topological polar surface area (TPSA) is 46.3 Å². The largest absolute Gasteiger partial charge is 0.342 e. The zero-order valence-electron chi connectivity index (χ0n) is 10.5. The molecule has 2 fully saturated rings. The Labute approximate surface area is 98.4 Å². The van der Waals surface area contributed by atoms with E-state index in [-0.39, 0.29) is 5.41 Å². The van der Waals surface area contributed by atoms with Crippen molar-refractivity contribution in [2.45, 2.75) is 51.5 Å². The molecule has 3 heteroatoms. The van der Waals surface area contributed by atoms with Crippen molar-refractivity contribution in [2.75, 3.05) is 13.6 Å². The highest BCUT2D eigenvalue weighted by Crippen LogP contribution is 2.46. The van der Waals surface area contributed by atoms with Crippen LogP contribution in [0.3, 0.4) is 0 Å². The molecule has 0 bridgehead atoms. The van der Waals surface area contributed by atoms with Crippen molar-refractivity contribution in [3.8, 4) is 0 Å². The number of amides is 1. The molecule has 0 aliphatic heterocycles. The third-order valence-electron chi connectivity index (χ3n) is 4.55. The van der Waals surface area contributed by atoms with Crippen molar-refractivity contribution in [3.05, 3.63) is 0 Å². The fourth-order valence-electron chi connectivity index (χ4n) is 2.83. The zero-order chi connectivity index (χ0) is 11.8. The van der Waals surface area contributed by atoms with Crippen LogP contribution in [0.2, 0.25) is 0 Å². The van der Waals surface area contributed by atoms with Crippen molar-refractivity contribution >= 4 is 5.91 Å². The number of hydrogen-bond donors (Lipinski definition) is 1. The Kier molecular flexibility index (Phi) is 3.24. The Hall–Kier alpha value is -0.570. The van der Waals surface area contributed by atoms with E-state index >= 15 is 0 Å². The van der Waals surface area contributed by atoms with Gasteiger partial charge in [0.05, 0.1) is 5.41 Å². The van der Waals surface area contributed by atoms with E-state index in [0.717, 1.165) is 18.8 Å². The van der Waals surface area contributed by atoms with Crippen LogP contribution >= 0.6 is 0 Å². The van der Waals surface area contributed by atoms with Gasteiger partial charge in [-0.25, -0.2) is 0 Å². The maximum atomic E-state index is 12.3. The lowest BCUT2D eigenvalue weighted by Gasteiger charge is -2.35. The first kappa shape index (κ1) is 11.9. The van der Waals surface area contributed by atoms with E-state index in [9.17, 15) is 4.79 Å². The molecule has 2 aliphatic carbocycles. The van der Waals surface area contributed by atoms with E-state index < -0.39 is 0 Å². The minimum absolute atomic E-state index is 0.169. The first-order valence-electron chi connectivity index (χ1n) is 6.56. The molecule has 0 heterocycles. The second-order valence-corrected chi connectivity index (χ2v) is 5.81. The molecule has 1 amide bonds. The number of hydrogen-bond acceptors (Lipinski definition) is 2. The van der Waals surface area contributed by atoms with Gasteiger partial charge in [-0.05, 0) is 44.4 Å². The summed E-state index contributed by atoms with van der Waals surface area (Å²) in [5, 5.41) is 0. The number of carbonyl (C=O) groups is 1. The third-order valence-corrected chi connectivity index (χ3v) is 4.55. The van der Waals surface area contributed by atoms with Crippen LogP contribution in [0.5, 0.6) is 0 Å². The van der Waals surface area contributed by atoms with Gasteiger partial charge >= 0.3 is 0 Å². The van der Waals surface area contributed by atoms with Gasteiger partial charge in [-0.15, -0.1) is 0 Å². The first-order chi connectivity index (χ1) is 7.59. The molecular formula is C13H24N2O. The maximum Gasteiger partial charge on any atom is 0.230 e. The Morgan fingerprint density at radius 2 is 1.88 bits per heavy atom. The van der Waals surface area contributed by atoms with E-state index in [1.54, 1.807) is 0 Å². The molecule has 92 valence electrons. The molecule has 2 N–H and O–H groups in total. The van der Waals surface area contributed by atoms with Gasteiger partial charge in [-0.3, -0.25) is 4.79 Å². The average Bonchev–Trinajstić information content (AvgIpc) is 3.09. The van der Waals surface area contributed by atoms with Crippen molar-refractivity contribution in [3.63, 3.8) is 0 Å². The number of nitrogens with zero attached hydrogens (tertiary/aromatic N) is 1. The summed E-state index contributed by atoms with van der Waals surface area (Å²) >= 11 is 0. The van der Waals surface area contributed by atoms with Crippen molar-refractivity contribution in [2.24, 2.45) is 17.1 Å². The van der Waals surface area contributed by atoms with Crippen LogP contribution in [-0.4, -0.2) is 30.4 Å². The zero-order valence-corrected chi connectivity index (χ0v) is 10.5. The molecule has 0 aromatic heterocycles. The number of nitrogens with two attached hydrogens (primary N) is 1. The van der Waals surface area contributed by atoms with E-state index in [0.29, 0.717) is 18.5 Å². The summed E-state index contributed by atoms with van der Waals surface area (Å²) < 4.78 is 0. The molecule has 2 rings (SSSR count). The van der Waals surface area contributed by atoms with Crippen molar-refractivity contribution in [1.82, 2.24) is 4.90 Å². The van der Waals surface area contributed by atoms with Crippen LogP contribution in [0.4, 0.5) is 0 Å². The maximum absolute atomic E-state index is 12.3. The molecule has 3 nitrogen and oxygen atoms in total. The highest BCUT2D eigenvalue weighted by atomic mass is 16.2. The minimum atomic E-state index is -0.169. The van der Waals surface area contributed by atoms with Gasteiger partial charge in [0.15, 0.2) is 0 Å². The molecular weight excluding hydrogens is 200 g/mol. The normalized spacial score (nSPS) is 32.2. The fourth-order valence-corrected chi connectivity index (χ4v) is 2.83. The smallest absolute Gasteiger partial charge is 0.230 e. The van der Waals surface area contributed by atoms with Gasteiger partial charge < -0.3 is 10.6 Å². The first-order valence-corrected chi connectivity index (χ1v) is 6.56. The lowest BCUT2D eigenvalue weighted by molar-refractivity contribution is -0.138. The second-order valence-electron chi connectivity index (χ2n) is 5.81. The van der Waals surface area contributed by atoms with Crippen molar-refractivity contribution < 1.29 is 4.79 Å². The van der Waals surface area contributed by atoms with Gasteiger partial charge in [-0.2, -0.15) is 0 Å². The van der Waals surface area contributed by atoms with Crippen LogP contribution in [-0.2, 0) is 4.79 Å². The van der Waals surface area contributed by atoms with Gasteiger partial charge in [-0.1, -0.05) is 6.92 Å². The average molecular weight is 224 g/mol. The van der Waals surface area contributed by atoms with E-state index in [1.165, 1.54) is 25.7 Å². The van der Waals surface area contributed by atoms with Crippen LogP contribution in [0.1, 0.15) is 45.4 Å². The molecule has 0 aromatic rings. The summed E-state index contributed by atoms with van der Waals surface area (Å²) in [6.45, 7) is 2.83. The predicted molar refractivity (Wildman–Crippen MR) is 64.9 cm³/mol. The molecule has 0 saturated heterocycles. The summed E-state index contributed by atoms with van der Waals surface area (Å²) in [6.07, 6.45) is 6.86. The minimum Gasteiger partial charge on any atom is -0.342 e. The predicted octanol–water partition coefficient (Wildman–Crippen LogP) is 1.76. The molecule has 2 saturated carbocycles. The van der Waals surface area contributed by atoms with Gasteiger partial charge in [0.25, 0.3) is 0 Å². The number of rotatable bonds is 3. The quantitative estimate of drug-likeness (QED) is 0.794. The molecule has 2 aliphatic rings. The van der Waals surface area contributed by atoms with E-state index in [1.807, 2.05) is 11.9 Å². The van der Waals surface area contributed by atoms with Crippen molar-refractivity contribution in [1.29, 1.82) is 0 Å². The lowest BCUT2D eigenvalue weighted by Crippen LogP contribution is -2.45. The summed E-state index contributed by atoms with van der Waals surface area (Å²) in [5.74, 6) is 1.14. The van der Waals surface area contributed by atoms with E-state index in [2.05, 4.69) is 6.92 Å². The molecule has 0 aromatic carbocycles. The number of carbonyl (C=O) groups excluding carboxylic acids is 1. The fraction of sp³-hybridized carbons (Fsp3) is 0.923. The second kappa shape index (κ2) is 4.36. The molecule has 0 atom stereocenters. The van der Waals surface area contributed by atoms with Crippen LogP contribution in [0.25, 0.3) is 0 Å². The Balaban J connectivity index is 1.92. The SMILES string of the molecule is CC1CCC(N(C)C(=O)C2(CN)CC2)CC1. The van der Waals surface area contributed by atoms with Gasteiger partial charge in [0.2, 0.25) is 5.91 Å². The molecule has 0 radical (unpaired) electrons. The molecule has 16 heavy (non-hydrogen) atoms. The highest BCUT2D eigenvalue weighted by molar-refractivity contribution is 5.85. The van der Waals surface area contributed by atoms with E-state index in [4.69, 9.17) is 5.73 Å². The molecule has 0 unspecified atom stereocenters. The highest BCUT2D eigenvalue weighted by Gasteiger charge is 2.50. The summed E-state index contributed by atoms with van der Waals surface area (Å²) in [4.78, 5) is 14.3. The standard InChI is InChI=1S/C13H24N2O/c1-10-3-5-11(6-4-10)15(2)12(16)13(9-14)7-8-13/h10-11H,3-9,14H2,1-2H3. The Morgan fingerprint density at radius 3 is 2.31 bits per heavy atom. The molecule has 0 spiro atoms. The van der Waals surface area contributed by atoms with Crippen LogP contribution < -0.4 is 5.73 Å². The van der Waals surface area contributed by atoms with Crippen LogP contribution in [0.15, 0.2) is 0 Å². The Morgan fingerprint density at radius 1 is 1.31 bits per heavy atom. The lowest BCUT2D eigenvalue weighted by atomic mass is 9.86. The van der Waals surface area contributed by atoms with Crippen LogP contribution in [0, 0.1) is 11.3 Å². The summed E-state index contributed by atoms with van der Waals surface area (Å²) in [7, 11) is 1.97. The monoisotopic (exact) mass is 224 g/mol.